The first kappa shape index (κ1) is 12.5. The molecule has 0 saturated carbocycles. The number of nitrogens with zero attached hydrogens (tertiary/aromatic N) is 3. The lowest BCUT2D eigenvalue weighted by Gasteiger charge is -2.14. The molecule has 0 saturated heterocycles. The smallest absolute Gasteiger partial charge is 0.299 e. The molecular weight excluding hydrogens is 258 g/mol. The van der Waals surface area contributed by atoms with Crippen LogP contribution in [0.25, 0.3) is 0 Å². The fraction of sp³-hybridized carbons (Fsp3) is 0.286. The van der Waals surface area contributed by atoms with Gasteiger partial charge in [0.15, 0.2) is 0 Å². The molecule has 20 heavy (non-hydrogen) atoms. The average Bonchev–Trinajstić information content (AvgIpc) is 2.96. The summed E-state index contributed by atoms with van der Waals surface area (Å²) in [5.74, 6) is -1.000. The van der Waals surface area contributed by atoms with Gasteiger partial charge >= 0.3 is 0 Å². The number of aromatic nitrogens is 2. The zero-order chi connectivity index (χ0) is 14.3. The number of hydrogen-bond acceptors (Lipinski definition) is 5. The van der Waals surface area contributed by atoms with Crippen LogP contribution in [0, 0.1) is 6.92 Å². The van der Waals surface area contributed by atoms with Gasteiger partial charge in [-0.05, 0) is 31.0 Å². The third kappa shape index (κ3) is 1.80. The van der Waals surface area contributed by atoms with Gasteiger partial charge < -0.3 is 0 Å². The first-order valence-corrected chi connectivity index (χ1v) is 6.39. The molecule has 1 aromatic heterocycles. The second kappa shape index (κ2) is 4.56. The highest BCUT2D eigenvalue weighted by atomic mass is 16.6. The van der Waals surface area contributed by atoms with E-state index >= 15 is 0 Å². The molecule has 2 heterocycles. The second-order valence-electron chi connectivity index (χ2n) is 4.72. The van der Waals surface area contributed by atoms with Crippen LogP contribution in [0.2, 0.25) is 0 Å². The molecule has 0 bridgehead atoms. The Bertz CT molecular complexity index is 705. The Hall–Kier alpha value is -2.50. The molecule has 6 nitrogen and oxygen atoms in total. The second-order valence-corrected chi connectivity index (χ2v) is 4.72. The Labute approximate surface area is 115 Å². The van der Waals surface area contributed by atoms with Gasteiger partial charge in [0.1, 0.15) is 11.4 Å². The molecule has 0 spiro atoms. The third-order valence-electron chi connectivity index (χ3n) is 3.50. The first-order chi connectivity index (χ1) is 9.61. The predicted molar refractivity (Wildman–Crippen MR) is 70.4 cm³/mol. The van der Waals surface area contributed by atoms with Crippen molar-refractivity contribution in [3.8, 4) is 0 Å². The molecule has 0 radical (unpaired) electrons. The number of Topliss-reactive ketones (excluding diaryl/α,β-unsaturated/α-hetero) is 1. The standard InChI is InChI=1S/C14H13N3O3/c1-3-9-4-5-12-10(6-9)13(18)14(19)17(12)7-11-8(2)15-20-16-11/h4-6H,3,7H2,1-2H3. The Kier molecular flexibility index (Phi) is 2.85. The molecule has 0 N–H and O–H groups in total. The van der Waals surface area contributed by atoms with Crippen LogP contribution in [-0.2, 0) is 17.8 Å². The monoisotopic (exact) mass is 271 g/mol. The molecule has 1 aliphatic heterocycles. The van der Waals surface area contributed by atoms with Crippen molar-refractivity contribution >= 4 is 17.4 Å². The molecule has 1 aliphatic rings. The van der Waals surface area contributed by atoms with Crippen LogP contribution in [-0.4, -0.2) is 22.0 Å². The summed E-state index contributed by atoms with van der Waals surface area (Å²) < 4.78 is 4.62. The van der Waals surface area contributed by atoms with Gasteiger partial charge in [0.2, 0.25) is 0 Å². The number of aryl methyl sites for hydroxylation is 2. The van der Waals surface area contributed by atoms with Gasteiger partial charge in [0.25, 0.3) is 11.7 Å². The normalized spacial score (nSPS) is 14.0. The number of carbonyl (C=O) groups excluding carboxylic acids is 2. The molecule has 1 aromatic carbocycles. The summed E-state index contributed by atoms with van der Waals surface area (Å²) in [5, 5.41) is 7.43. The minimum absolute atomic E-state index is 0.193. The van der Waals surface area contributed by atoms with Gasteiger partial charge in [-0.2, -0.15) is 0 Å². The molecule has 1 amide bonds. The van der Waals surface area contributed by atoms with E-state index in [0.29, 0.717) is 22.6 Å². The van der Waals surface area contributed by atoms with E-state index in [2.05, 4.69) is 14.9 Å². The van der Waals surface area contributed by atoms with E-state index in [1.54, 1.807) is 19.1 Å². The highest BCUT2D eigenvalue weighted by Crippen LogP contribution is 2.31. The van der Waals surface area contributed by atoms with Gasteiger partial charge in [-0.3, -0.25) is 14.5 Å². The van der Waals surface area contributed by atoms with Crippen molar-refractivity contribution in [2.45, 2.75) is 26.8 Å². The number of fused-ring (bicyclic) bond motifs is 1. The fourth-order valence-corrected chi connectivity index (χ4v) is 2.27. The number of rotatable bonds is 3. The molecule has 3 rings (SSSR count). The molecular formula is C14H13N3O3. The summed E-state index contributed by atoms with van der Waals surface area (Å²) in [7, 11) is 0. The number of carbonyl (C=O) groups is 2. The number of benzene rings is 1. The summed E-state index contributed by atoms with van der Waals surface area (Å²) >= 11 is 0. The van der Waals surface area contributed by atoms with Crippen molar-refractivity contribution in [3.05, 3.63) is 40.7 Å². The average molecular weight is 271 g/mol. The summed E-state index contributed by atoms with van der Waals surface area (Å²) in [6, 6.07) is 5.51. The Balaban J connectivity index is 2.00. The van der Waals surface area contributed by atoms with E-state index in [0.717, 1.165) is 12.0 Å². The van der Waals surface area contributed by atoms with Gasteiger partial charge in [-0.25, -0.2) is 4.63 Å². The number of amides is 1. The van der Waals surface area contributed by atoms with E-state index in [9.17, 15) is 9.59 Å². The third-order valence-corrected chi connectivity index (χ3v) is 3.50. The van der Waals surface area contributed by atoms with Crippen LogP contribution >= 0.6 is 0 Å². The zero-order valence-corrected chi connectivity index (χ0v) is 11.2. The maximum absolute atomic E-state index is 12.1. The lowest BCUT2D eigenvalue weighted by Crippen LogP contribution is -2.29. The van der Waals surface area contributed by atoms with Gasteiger partial charge in [-0.15, -0.1) is 0 Å². The lowest BCUT2D eigenvalue weighted by molar-refractivity contribution is -0.114. The van der Waals surface area contributed by atoms with Crippen LogP contribution in [0.1, 0.15) is 34.2 Å². The Morgan fingerprint density at radius 1 is 1.25 bits per heavy atom. The van der Waals surface area contributed by atoms with E-state index in [4.69, 9.17) is 0 Å². The van der Waals surface area contributed by atoms with E-state index < -0.39 is 11.7 Å². The summed E-state index contributed by atoms with van der Waals surface area (Å²) in [6.45, 7) is 3.94. The van der Waals surface area contributed by atoms with Gasteiger partial charge in [0.05, 0.1) is 17.8 Å². The molecule has 102 valence electrons. The van der Waals surface area contributed by atoms with Crippen LogP contribution in [0.4, 0.5) is 5.69 Å². The molecule has 0 unspecified atom stereocenters. The van der Waals surface area contributed by atoms with Crippen molar-refractivity contribution in [2.75, 3.05) is 4.90 Å². The highest BCUT2D eigenvalue weighted by Gasteiger charge is 2.36. The van der Waals surface area contributed by atoms with Gasteiger partial charge in [-0.1, -0.05) is 23.3 Å². The molecule has 0 atom stereocenters. The van der Waals surface area contributed by atoms with E-state index in [-0.39, 0.29) is 6.54 Å². The van der Waals surface area contributed by atoms with Crippen LogP contribution in [0.5, 0.6) is 0 Å². The number of ketones is 1. The quantitative estimate of drug-likeness (QED) is 0.794. The van der Waals surface area contributed by atoms with Crippen LogP contribution in [0.15, 0.2) is 22.8 Å². The molecule has 6 heteroatoms. The van der Waals surface area contributed by atoms with Crippen molar-refractivity contribution in [1.29, 1.82) is 0 Å². The predicted octanol–water partition coefficient (Wildman–Crippen LogP) is 1.67. The van der Waals surface area contributed by atoms with Crippen molar-refractivity contribution in [3.63, 3.8) is 0 Å². The Morgan fingerprint density at radius 2 is 2.05 bits per heavy atom. The highest BCUT2D eigenvalue weighted by molar-refractivity contribution is 6.52. The van der Waals surface area contributed by atoms with Gasteiger partial charge in [0, 0.05) is 0 Å². The summed E-state index contributed by atoms with van der Waals surface area (Å²) in [4.78, 5) is 25.6. The molecule has 2 aromatic rings. The van der Waals surface area contributed by atoms with E-state index in [1.165, 1.54) is 4.90 Å². The zero-order valence-electron chi connectivity index (χ0n) is 11.2. The maximum atomic E-state index is 12.1. The molecule has 0 aliphatic carbocycles. The fourth-order valence-electron chi connectivity index (χ4n) is 2.27. The van der Waals surface area contributed by atoms with E-state index in [1.807, 2.05) is 13.0 Å². The largest absolute Gasteiger partial charge is 0.299 e. The van der Waals surface area contributed by atoms with Crippen LogP contribution in [0.3, 0.4) is 0 Å². The lowest BCUT2D eigenvalue weighted by atomic mass is 10.1. The topological polar surface area (TPSA) is 76.3 Å². The maximum Gasteiger partial charge on any atom is 0.299 e. The summed E-state index contributed by atoms with van der Waals surface area (Å²) in [5.41, 5.74) is 3.29. The number of anilines is 1. The van der Waals surface area contributed by atoms with Crippen molar-refractivity contribution in [2.24, 2.45) is 0 Å². The minimum Gasteiger partial charge on any atom is -0.299 e. The van der Waals surface area contributed by atoms with Crippen molar-refractivity contribution in [1.82, 2.24) is 10.3 Å². The SMILES string of the molecule is CCc1ccc2c(c1)C(=O)C(=O)N2Cc1nonc1C. The first-order valence-electron chi connectivity index (χ1n) is 6.39. The number of hydrogen-bond donors (Lipinski definition) is 0. The van der Waals surface area contributed by atoms with Crippen LogP contribution < -0.4 is 4.90 Å². The van der Waals surface area contributed by atoms with Crippen molar-refractivity contribution < 1.29 is 14.2 Å². The summed E-state index contributed by atoms with van der Waals surface area (Å²) in [6.07, 6.45) is 0.821. The minimum atomic E-state index is -0.532. The Morgan fingerprint density at radius 3 is 2.70 bits per heavy atom. The molecule has 0 fully saturated rings.